The minimum atomic E-state index is -0.246. The van der Waals surface area contributed by atoms with Crippen LogP contribution in [0.2, 0.25) is 5.02 Å². The van der Waals surface area contributed by atoms with Gasteiger partial charge in [0, 0.05) is 6.20 Å². The maximum absolute atomic E-state index is 11.5. The Balaban J connectivity index is 2.67. The zero-order valence-electron chi connectivity index (χ0n) is 8.29. The van der Waals surface area contributed by atoms with Crippen LogP contribution in [0.5, 0.6) is 0 Å². The van der Waals surface area contributed by atoms with Crippen LogP contribution in [0, 0.1) is 6.92 Å². The van der Waals surface area contributed by atoms with Crippen molar-refractivity contribution in [2.75, 3.05) is 0 Å². The molecule has 0 aliphatic carbocycles. The molecular weight excluding hydrogens is 293 g/mol. The smallest absolute Gasteiger partial charge is 0.265 e. The monoisotopic (exact) mass is 299 g/mol. The Morgan fingerprint density at radius 3 is 2.88 bits per heavy atom. The highest BCUT2D eigenvalue weighted by Crippen LogP contribution is 2.22. The third kappa shape index (κ3) is 2.01. The molecular formula is C10H7BrClN3O. The van der Waals surface area contributed by atoms with Gasteiger partial charge >= 0.3 is 0 Å². The van der Waals surface area contributed by atoms with Crippen molar-refractivity contribution in [2.24, 2.45) is 0 Å². The molecule has 2 aromatic rings. The van der Waals surface area contributed by atoms with Crippen LogP contribution in [0.3, 0.4) is 0 Å². The van der Waals surface area contributed by atoms with E-state index < -0.39 is 0 Å². The summed E-state index contributed by atoms with van der Waals surface area (Å²) < 4.78 is 0.420. The van der Waals surface area contributed by atoms with Crippen molar-refractivity contribution in [3.63, 3.8) is 0 Å². The fraction of sp³-hybridized carbons (Fsp3) is 0.100. The van der Waals surface area contributed by atoms with E-state index in [4.69, 9.17) is 11.6 Å². The van der Waals surface area contributed by atoms with E-state index >= 15 is 0 Å². The third-order valence-electron chi connectivity index (χ3n) is 2.01. The molecule has 2 aromatic heterocycles. The van der Waals surface area contributed by atoms with Crippen LogP contribution >= 0.6 is 27.5 Å². The Morgan fingerprint density at radius 1 is 1.50 bits per heavy atom. The lowest BCUT2D eigenvalue weighted by Gasteiger charge is -2.03. The number of hydrogen-bond donors (Lipinski definition) is 1. The third-order valence-corrected chi connectivity index (χ3v) is 3.25. The summed E-state index contributed by atoms with van der Waals surface area (Å²) in [5, 5.41) is 0.451. The predicted molar refractivity (Wildman–Crippen MR) is 65.5 cm³/mol. The van der Waals surface area contributed by atoms with Gasteiger partial charge in [-0.25, -0.2) is 4.98 Å². The van der Waals surface area contributed by atoms with Crippen LogP contribution in [0.1, 0.15) is 5.69 Å². The maximum atomic E-state index is 11.5. The summed E-state index contributed by atoms with van der Waals surface area (Å²) in [4.78, 5) is 22.4. The second-order valence-electron chi connectivity index (χ2n) is 3.15. The van der Waals surface area contributed by atoms with Crippen molar-refractivity contribution in [2.45, 2.75) is 6.92 Å². The topological polar surface area (TPSA) is 58.6 Å². The van der Waals surface area contributed by atoms with Gasteiger partial charge in [-0.1, -0.05) is 11.6 Å². The molecule has 1 N–H and O–H groups in total. The van der Waals surface area contributed by atoms with E-state index in [2.05, 4.69) is 30.9 Å². The standard InChI is InChI=1S/C10H7BrClN3O/c1-5-7(11)10(16)15-9(14-5)8-6(12)3-2-4-13-8/h2-4H,1H3,(H,14,15,16). The van der Waals surface area contributed by atoms with Gasteiger partial charge in [-0.15, -0.1) is 0 Å². The maximum Gasteiger partial charge on any atom is 0.265 e. The summed E-state index contributed by atoms with van der Waals surface area (Å²) in [6.45, 7) is 1.74. The molecule has 16 heavy (non-hydrogen) atoms. The SMILES string of the molecule is Cc1nc(-c2ncccc2Cl)[nH]c(=O)c1Br. The number of aromatic amines is 1. The summed E-state index contributed by atoms with van der Waals surface area (Å²) in [6.07, 6.45) is 1.60. The van der Waals surface area contributed by atoms with Gasteiger partial charge in [0.2, 0.25) is 0 Å². The highest BCUT2D eigenvalue weighted by atomic mass is 79.9. The van der Waals surface area contributed by atoms with E-state index in [9.17, 15) is 4.79 Å². The van der Waals surface area contributed by atoms with E-state index in [0.717, 1.165) is 0 Å². The fourth-order valence-electron chi connectivity index (χ4n) is 1.24. The molecule has 0 amide bonds. The van der Waals surface area contributed by atoms with E-state index in [0.29, 0.717) is 26.7 Å². The molecule has 0 saturated heterocycles. The van der Waals surface area contributed by atoms with E-state index in [-0.39, 0.29) is 5.56 Å². The van der Waals surface area contributed by atoms with Gasteiger partial charge < -0.3 is 4.98 Å². The number of aromatic nitrogens is 3. The summed E-state index contributed by atoms with van der Waals surface area (Å²) in [6, 6.07) is 3.41. The van der Waals surface area contributed by atoms with Crippen molar-refractivity contribution in [3.05, 3.63) is 43.9 Å². The van der Waals surface area contributed by atoms with Crippen LogP contribution < -0.4 is 5.56 Å². The Kier molecular flexibility index (Phi) is 3.07. The molecule has 0 bridgehead atoms. The summed E-state index contributed by atoms with van der Waals surface area (Å²) in [5.41, 5.74) is 0.821. The van der Waals surface area contributed by atoms with Crippen LogP contribution in [0.15, 0.2) is 27.6 Å². The van der Waals surface area contributed by atoms with Crippen LogP contribution in [0.4, 0.5) is 0 Å². The van der Waals surface area contributed by atoms with Gasteiger partial charge in [-0.05, 0) is 35.0 Å². The van der Waals surface area contributed by atoms with E-state index in [1.807, 2.05) is 0 Å². The molecule has 0 radical (unpaired) electrons. The van der Waals surface area contributed by atoms with Crippen molar-refractivity contribution in [1.29, 1.82) is 0 Å². The lowest BCUT2D eigenvalue weighted by Crippen LogP contribution is -2.12. The first-order chi connectivity index (χ1) is 7.59. The van der Waals surface area contributed by atoms with Gasteiger partial charge in [0.1, 0.15) is 10.2 Å². The van der Waals surface area contributed by atoms with Crippen LogP contribution in [0.25, 0.3) is 11.5 Å². The van der Waals surface area contributed by atoms with Gasteiger partial charge in [-0.2, -0.15) is 0 Å². The molecule has 0 atom stereocenters. The van der Waals surface area contributed by atoms with Gasteiger partial charge in [0.05, 0.1) is 10.7 Å². The average molecular weight is 301 g/mol. The fourth-order valence-corrected chi connectivity index (χ4v) is 1.64. The first-order valence-corrected chi connectivity index (χ1v) is 5.64. The zero-order valence-corrected chi connectivity index (χ0v) is 10.6. The Hall–Kier alpha value is -1.20. The molecule has 0 fully saturated rings. The van der Waals surface area contributed by atoms with Crippen molar-refractivity contribution in [1.82, 2.24) is 15.0 Å². The molecule has 2 heterocycles. The van der Waals surface area contributed by atoms with E-state index in [1.165, 1.54) is 0 Å². The summed E-state index contributed by atoms with van der Waals surface area (Å²) in [5.74, 6) is 0.372. The second kappa shape index (κ2) is 4.35. The molecule has 0 aliphatic rings. The first kappa shape index (κ1) is 11.3. The van der Waals surface area contributed by atoms with Crippen molar-refractivity contribution >= 4 is 27.5 Å². The predicted octanol–water partition coefficient (Wildman–Crippen LogP) is 2.56. The molecule has 6 heteroatoms. The molecule has 0 unspecified atom stereocenters. The Labute approximate surface area is 105 Å². The molecule has 0 spiro atoms. The minimum absolute atomic E-state index is 0.246. The number of hydrogen-bond acceptors (Lipinski definition) is 3. The van der Waals surface area contributed by atoms with Crippen LogP contribution in [-0.4, -0.2) is 15.0 Å². The van der Waals surface area contributed by atoms with Gasteiger partial charge in [0.15, 0.2) is 5.82 Å². The average Bonchev–Trinajstić information content (AvgIpc) is 2.26. The first-order valence-electron chi connectivity index (χ1n) is 4.47. The van der Waals surface area contributed by atoms with Crippen LogP contribution in [-0.2, 0) is 0 Å². The lowest BCUT2D eigenvalue weighted by molar-refractivity contribution is 1.04. The molecule has 0 aromatic carbocycles. The normalized spacial score (nSPS) is 10.4. The number of halogens is 2. The number of aryl methyl sites for hydroxylation is 1. The second-order valence-corrected chi connectivity index (χ2v) is 4.35. The number of rotatable bonds is 1. The number of nitrogens with zero attached hydrogens (tertiary/aromatic N) is 2. The Bertz CT molecular complexity index is 597. The molecule has 0 saturated carbocycles. The molecule has 4 nitrogen and oxygen atoms in total. The number of nitrogens with one attached hydrogen (secondary N) is 1. The van der Waals surface area contributed by atoms with Crippen molar-refractivity contribution in [3.8, 4) is 11.5 Å². The minimum Gasteiger partial charge on any atom is -0.304 e. The number of pyridine rings is 1. The highest BCUT2D eigenvalue weighted by Gasteiger charge is 2.10. The highest BCUT2D eigenvalue weighted by molar-refractivity contribution is 9.10. The quantitative estimate of drug-likeness (QED) is 0.880. The molecule has 0 aliphatic heterocycles. The van der Waals surface area contributed by atoms with E-state index in [1.54, 1.807) is 25.3 Å². The number of H-pyrrole nitrogens is 1. The van der Waals surface area contributed by atoms with Gasteiger partial charge in [-0.3, -0.25) is 9.78 Å². The lowest BCUT2D eigenvalue weighted by atomic mass is 10.3. The van der Waals surface area contributed by atoms with Crippen molar-refractivity contribution < 1.29 is 0 Å². The summed E-state index contributed by atoms with van der Waals surface area (Å²) >= 11 is 9.11. The summed E-state index contributed by atoms with van der Waals surface area (Å²) in [7, 11) is 0. The van der Waals surface area contributed by atoms with Gasteiger partial charge in [0.25, 0.3) is 5.56 Å². The Morgan fingerprint density at radius 2 is 2.25 bits per heavy atom. The zero-order chi connectivity index (χ0) is 11.7. The molecule has 82 valence electrons. The molecule has 2 rings (SSSR count). The largest absolute Gasteiger partial charge is 0.304 e.